The lowest BCUT2D eigenvalue weighted by atomic mass is 10.1. The zero-order chi connectivity index (χ0) is 20.4. The van der Waals surface area contributed by atoms with E-state index in [0.29, 0.717) is 0 Å². The Kier molecular flexibility index (Phi) is 5.60. The zero-order valence-electron chi connectivity index (χ0n) is 17.1. The second-order valence-corrected chi connectivity index (χ2v) is 7.64. The highest BCUT2D eigenvalue weighted by Gasteiger charge is 2.37. The van der Waals surface area contributed by atoms with E-state index in [1.807, 2.05) is 22.9 Å². The first-order valence-electron chi connectivity index (χ1n) is 9.96. The molecule has 1 aromatic heterocycles. The molecule has 7 heteroatoms. The van der Waals surface area contributed by atoms with E-state index < -0.39 is 0 Å². The highest BCUT2D eigenvalue weighted by Crippen LogP contribution is 2.37. The van der Waals surface area contributed by atoms with Crippen molar-refractivity contribution in [1.82, 2.24) is 25.1 Å². The van der Waals surface area contributed by atoms with Gasteiger partial charge in [0.1, 0.15) is 5.75 Å². The summed E-state index contributed by atoms with van der Waals surface area (Å²) < 4.78 is 7.14. The van der Waals surface area contributed by atoms with E-state index in [1.165, 1.54) is 5.56 Å². The van der Waals surface area contributed by atoms with Gasteiger partial charge < -0.3 is 9.84 Å². The van der Waals surface area contributed by atoms with Crippen molar-refractivity contribution < 1.29 is 9.84 Å². The maximum Gasteiger partial charge on any atom is 0.173 e. The van der Waals surface area contributed by atoms with Gasteiger partial charge in [-0.1, -0.05) is 30.3 Å². The minimum Gasteiger partial charge on any atom is -0.497 e. The fourth-order valence-corrected chi connectivity index (χ4v) is 4.29. The average molecular weight is 393 g/mol. The first-order chi connectivity index (χ1) is 14.1. The molecule has 4 rings (SSSR count). The van der Waals surface area contributed by atoms with Crippen molar-refractivity contribution in [3.63, 3.8) is 0 Å². The molecule has 0 spiro atoms. The summed E-state index contributed by atoms with van der Waals surface area (Å²) in [6.45, 7) is 5.00. The number of tetrazole rings is 1. The summed E-state index contributed by atoms with van der Waals surface area (Å²) >= 11 is 0. The number of hydrogen-bond donors (Lipinski definition) is 1. The summed E-state index contributed by atoms with van der Waals surface area (Å²) in [4.78, 5) is 2.32. The van der Waals surface area contributed by atoms with Crippen LogP contribution < -0.4 is 4.74 Å². The molecule has 3 aromatic rings. The predicted molar refractivity (Wildman–Crippen MR) is 110 cm³/mol. The third-order valence-corrected chi connectivity index (χ3v) is 5.82. The summed E-state index contributed by atoms with van der Waals surface area (Å²) in [7, 11) is 1.67. The van der Waals surface area contributed by atoms with Gasteiger partial charge in [-0.25, -0.2) is 0 Å². The molecule has 29 heavy (non-hydrogen) atoms. The van der Waals surface area contributed by atoms with E-state index in [4.69, 9.17) is 4.74 Å². The molecule has 2 aromatic carbocycles. The number of hydrogen-bond acceptors (Lipinski definition) is 6. The first-order valence-corrected chi connectivity index (χ1v) is 9.96. The Labute approximate surface area is 170 Å². The van der Waals surface area contributed by atoms with Gasteiger partial charge in [-0.15, -0.1) is 5.10 Å². The monoisotopic (exact) mass is 393 g/mol. The van der Waals surface area contributed by atoms with Crippen molar-refractivity contribution in [2.24, 2.45) is 0 Å². The van der Waals surface area contributed by atoms with Gasteiger partial charge in [0.2, 0.25) is 0 Å². The number of para-hydroxylation sites is 1. The Bertz CT molecular complexity index is 949. The lowest BCUT2D eigenvalue weighted by Crippen LogP contribution is -2.34. The maximum atomic E-state index is 9.97. The lowest BCUT2D eigenvalue weighted by molar-refractivity contribution is 0.118. The van der Waals surface area contributed by atoms with Crippen molar-refractivity contribution in [3.8, 4) is 11.4 Å². The van der Waals surface area contributed by atoms with Gasteiger partial charge in [0.15, 0.2) is 5.82 Å². The lowest BCUT2D eigenvalue weighted by Gasteiger charge is -2.29. The van der Waals surface area contributed by atoms with Gasteiger partial charge >= 0.3 is 0 Å². The molecule has 1 aliphatic rings. The summed E-state index contributed by atoms with van der Waals surface area (Å²) in [6, 6.07) is 14.4. The van der Waals surface area contributed by atoms with Crippen LogP contribution in [-0.2, 0) is 6.54 Å². The third-order valence-electron chi connectivity index (χ3n) is 5.82. The quantitative estimate of drug-likeness (QED) is 0.694. The average Bonchev–Trinajstić information content (AvgIpc) is 3.35. The fourth-order valence-electron chi connectivity index (χ4n) is 4.29. The molecule has 2 atom stereocenters. The number of aromatic nitrogens is 4. The fraction of sp³-hybridized carbons (Fsp3) is 0.409. The van der Waals surface area contributed by atoms with Crippen LogP contribution in [0.4, 0.5) is 0 Å². The molecule has 2 heterocycles. The van der Waals surface area contributed by atoms with Gasteiger partial charge in [-0.05, 0) is 65.9 Å². The summed E-state index contributed by atoms with van der Waals surface area (Å²) in [6.07, 6.45) is 1.82. The van der Waals surface area contributed by atoms with Gasteiger partial charge in [0, 0.05) is 12.6 Å². The zero-order valence-corrected chi connectivity index (χ0v) is 17.1. The maximum absolute atomic E-state index is 9.97. The third kappa shape index (κ3) is 3.75. The molecule has 0 aliphatic carbocycles. The van der Waals surface area contributed by atoms with E-state index in [2.05, 4.69) is 58.5 Å². The van der Waals surface area contributed by atoms with Crippen LogP contribution in [0.2, 0.25) is 0 Å². The number of benzene rings is 2. The second-order valence-electron chi connectivity index (χ2n) is 7.64. The van der Waals surface area contributed by atoms with Crippen molar-refractivity contribution in [2.75, 3.05) is 13.7 Å². The van der Waals surface area contributed by atoms with Gasteiger partial charge in [-0.3, -0.25) is 4.90 Å². The number of aliphatic hydroxyl groups excluding tert-OH is 1. The van der Waals surface area contributed by atoms with Crippen molar-refractivity contribution in [1.29, 1.82) is 0 Å². The molecule has 152 valence electrons. The van der Waals surface area contributed by atoms with Gasteiger partial charge in [0.05, 0.1) is 25.4 Å². The van der Waals surface area contributed by atoms with Crippen LogP contribution in [0.15, 0.2) is 42.5 Å². The Morgan fingerprint density at radius 2 is 1.79 bits per heavy atom. The summed E-state index contributed by atoms with van der Waals surface area (Å²) in [5.41, 5.74) is 4.47. The number of aliphatic hydroxyl groups is 1. The summed E-state index contributed by atoms with van der Waals surface area (Å²) in [5.74, 6) is 1.66. The van der Waals surface area contributed by atoms with Crippen molar-refractivity contribution >= 4 is 0 Å². The summed E-state index contributed by atoms with van der Waals surface area (Å²) in [5, 5.41) is 22.7. The SMILES string of the molecule is COc1ccc(CN2[C@H](CO)CC[C@H]2c2nnnn2-c2c(C)cccc2C)cc1. The van der Waals surface area contributed by atoms with E-state index in [-0.39, 0.29) is 18.7 Å². The van der Waals surface area contributed by atoms with Crippen LogP contribution in [0, 0.1) is 13.8 Å². The Morgan fingerprint density at radius 1 is 1.07 bits per heavy atom. The van der Waals surface area contributed by atoms with Crippen LogP contribution in [0.25, 0.3) is 5.69 Å². The molecule has 1 fully saturated rings. The molecule has 1 saturated heterocycles. The van der Waals surface area contributed by atoms with E-state index in [9.17, 15) is 5.11 Å². The highest BCUT2D eigenvalue weighted by molar-refractivity contribution is 5.46. The number of likely N-dealkylation sites (tertiary alicyclic amines) is 1. The number of methoxy groups -OCH3 is 1. The topological polar surface area (TPSA) is 76.3 Å². The highest BCUT2D eigenvalue weighted by atomic mass is 16.5. The van der Waals surface area contributed by atoms with Crippen molar-refractivity contribution in [2.45, 2.75) is 45.3 Å². The number of aryl methyl sites for hydroxylation is 2. The van der Waals surface area contributed by atoms with Crippen LogP contribution in [-0.4, -0.2) is 50.0 Å². The molecular formula is C22H27N5O2. The van der Waals surface area contributed by atoms with Gasteiger partial charge in [-0.2, -0.15) is 4.68 Å². The van der Waals surface area contributed by atoms with Crippen LogP contribution >= 0.6 is 0 Å². The Balaban J connectivity index is 1.68. The van der Waals surface area contributed by atoms with E-state index in [0.717, 1.165) is 47.8 Å². The second kappa shape index (κ2) is 8.31. The van der Waals surface area contributed by atoms with Crippen molar-refractivity contribution in [3.05, 3.63) is 65.0 Å². The Hall–Kier alpha value is -2.77. The Morgan fingerprint density at radius 3 is 2.45 bits per heavy atom. The molecule has 0 radical (unpaired) electrons. The largest absolute Gasteiger partial charge is 0.497 e. The molecule has 7 nitrogen and oxygen atoms in total. The molecule has 0 bridgehead atoms. The van der Waals surface area contributed by atoms with Gasteiger partial charge in [0.25, 0.3) is 0 Å². The normalized spacial score (nSPS) is 19.6. The predicted octanol–water partition coefficient (Wildman–Crippen LogP) is 2.99. The van der Waals surface area contributed by atoms with Crippen LogP contribution in [0.1, 0.15) is 41.4 Å². The standard InChI is InChI=1S/C22H27N5O2/c1-15-5-4-6-16(2)21(15)27-22(23-24-25-27)20-12-9-18(14-28)26(20)13-17-7-10-19(29-3)11-8-17/h4-8,10-11,18,20,28H,9,12-14H2,1-3H3/t18-,20-/m0/s1. The van der Waals surface area contributed by atoms with E-state index >= 15 is 0 Å². The molecule has 1 aliphatic heterocycles. The minimum absolute atomic E-state index is 0.0447. The first kappa shape index (κ1) is 19.5. The number of nitrogens with zero attached hydrogens (tertiary/aromatic N) is 5. The molecule has 0 saturated carbocycles. The van der Waals surface area contributed by atoms with E-state index in [1.54, 1.807) is 7.11 Å². The number of rotatable bonds is 6. The molecule has 1 N–H and O–H groups in total. The number of ether oxygens (including phenoxy) is 1. The van der Waals surface area contributed by atoms with Crippen LogP contribution in [0.5, 0.6) is 5.75 Å². The van der Waals surface area contributed by atoms with Crippen LogP contribution in [0.3, 0.4) is 0 Å². The molecule has 0 amide bonds. The minimum atomic E-state index is 0.0447. The molecule has 0 unspecified atom stereocenters. The molecular weight excluding hydrogens is 366 g/mol. The smallest absolute Gasteiger partial charge is 0.173 e.